The summed E-state index contributed by atoms with van der Waals surface area (Å²) in [5.74, 6) is -0.236. The van der Waals surface area contributed by atoms with Crippen LogP contribution < -0.4 is 0 Å². The highest BCUT2D eigenvalue weighted by Crippen LogP contribution is 2.46. The van der Waals surface area contributed by atoms with E-state index in [1.165, 1.54) is 12.1 Å². The molecule has 0 aliphatic heterocycles. The van der Waals surface area contributed by atoms with Crippen molar-refractivity contribution in [2.75, 3.05) is 0 Å². The molecule has 2 aromatic carbocycles. The monoisotopic (exact) mass is 214 g/mol. The van der Waals surface area contributed by atoms with Gasteiger partial charge in [-0.25, -0.2) is 4.39 Å². The molecule has 0 amide bonds. The van der Waals surface area contributed by atoms with Gasteiger partial charge >= 0.3 is 0 Å². The van der Waals surface area contributed by atoms with E-state index in [4.69, 9.17) is 0 Å². The molecule has 3 rings (SSSR count). The first-order chi connectivity index (χ1) is 7.73. The van der Waals surface area contributed by atoms with E-state index in [2.05, 4.69) is 0 Å². The molecule has 0 radical (unpaired) electrons. The number of hydrogen-bond acceptors (Lipinski definition) is 1. The van der Waals surface area contributed by atoms with Gasteiger partial charge in [-0.2, -0.15) is 0 Å². The number of carbonyl (C=O) groups excluding carboxylic acids is 1. The Bertz CT molecular complexity index is 570. The molecule has 0 heterocycles. The van der Waals surface area contributed by atoms with Gasteiger partial charge in [0.15, 0.2) is 0 Å². The van der Waals surface area contributed by atoms with Crippen LogP contribution in [0.4, 0.5) is 4.39 Å². The summed E-state index contributed by atoms with van der Waals surface area (Å²) in [5, 5.41) is 1.87. The van der Waals surface area contributed by atoms with Crippen molar-refractivity contribution in [1.82, 2.24) is 0 Å². The molecular weight excluding hydrogens is 203 g/mol. The van der Waals surface area contributed by atoms with E-state index in [1.54, 1.807) is 6.07 Å². The summed E-state index contributed by atoms with van der Waals surface area (Å²) < 4.78 is 13.1. The van der Waals surface area contributed by atoms with E-state index in [0.717, 1.165) is 35.5 Å². The Morgan fingerprint density at radius 2 is 1.81 bits per heavy atom. The summed E-state index contributed by atoms with van der Waals surface area (Å²) in [4.78, 5) is 11.0. The third-order valence-corrected chi connectivity index (χ3v) is 3.39. The average molecular weight is 214 g/mol. The fourth-order valence-electron chi connectivity index (χ4n) is 2.14. The van der Waals surface area contributed by atoms with Crippen molar-refractivity contribution < 1.29 is 9.18 Å². The highest BCUT2D eigenvalue weighted by atomic mass is 19.1. The predicted molar refractivity (Wildman–Crippen MR) is 60.9 cm³/mol. The Balaban J connectivity index is 2.18. The Morgan fingerprint density at radius 1 is 1.06 bits per heavy atom. The fraction of sp³-hybridized carbons (Fsp3) is 0.214. The standard InChI is InChI=1S/C14H11FO/c15-13-4-2-10-1-3-12(7-11(10)8-13)14(9-16)5-6-14/h1-4,7-9H,5-6H2. The van der Waals surface area contributed by atoms with Crippen LogP contribution in [0.3, 0.4) is 0 Å². The van der Waals surface area contributed by atoms with E-state index in [1.807, 2.05) is 18.2 Å². The minimum Gasteiger partial charge on any atom is -0.302 e. The van der Waals surface area contributed by atoms with Gasteiger partial charge in [0.2, 0.25) is 0 Å². The average Bonchev–Trinajstić information content (AvgIpc) is 3.09. The van der Waals surface area contributed by atoms with E-state index >= 15 is 0 Å². The number of halogens is 1. The topological polar surface area (TPSA) is 17.1 Å². The maximum absolute atomic E-state index is 13.1. The largest absolute Gasteiger partial charge is 0.302 e. The van der Waals surface area contributed by atoms with Gasteiger partial charge < -0.3 is 4.79 Å². The predicted octanol–water partition coefficient (Wildman–Crippen LogP) is 3.21. The summed E-state index contributed by atoms with van der Waals surface area (Å²) in [6, 6.07) is 10.6. The number of carbonyl (C=O) groups is 1. The molecule has 0 atom stereocenters. The van der Waals surface area contributed by atoms with Gasteiger partial charge in [0.25, 0.3) is 0 Å². The Kier molecular flexibility index (Phi) is 1.87. The Labute approximate surface area is 92.9 Å². The molecule has 1 nitrogen and oxygen atoms in total. The van der Waals surface area contributed by atoms with Gasteiger partial charge in [-0.05, 0) is 41.3 Å². The summed E-state index contributed by atoms with van der Waals surface area (Å²) in [7, 11) is 0. The lowest BCUT2D eigenvalue weighted by Gasteiger charge is -2.08. The van der Waals surface area contributed by atoms with Gasteiger partial charge in [-0.15, -0.1) is 0 Å². The molecule has 0 unspecified atom stereocenters. The number of benzene rings is 2. The Morgan fingerprint density at radius 3 is 2.50 bits per heavy atom. The van der Waals surface area contributed by atoms with Gasteiger partial charge in [0, 0.05) is 0 Å². The van der Waals surface area contributed by atoms with Crippen molar-refractivity contribution in [3.63, 3.8) is 0 Å². The molecule has 0 bridgehead atoms. The van der Waals surface area contributed by atoms with Crippen LogP contribution in [0.5, 0.6) is 0 Å². The third-order valence-electron chi connectivity index (χ3n) is 3.39. The lowest BCUT2D eigenvalue weighted by molar-refractivity contribution is -0.109. The first kappa shape index (κ1) is 9.52. The van der Waals surface area contributed by atoms with Crippen LogP contribution in [0.2, 0.25) is 0 Å². The number of hydrogen-bond donors (Lipinski definition) is 0. The maximum Gasteiger partial charge on any atom is 0.130 e. The van der Waals surface area contributed by atoms with Crippen LogP contribution in [0, 0.1) is 5.82 Å². The highest BCUT2D eigenvalue weighted by Gasteiger charge is 2.44. The van der Waals surface area contributed by atoms with Crippen molar-refractivity contribution >= 4 is 17.1 Å². The smallest absolute Gasteiger partial charge is 0.130 e. The molecule has 16 heavy (non-hydrogen) atoms. The molecule has 2 aromatic rings. The van der Waals surface area contributed by atoms with Crippen LogP contribution >= 0.6 is 0 Å². The SMILES string of the molecule is O=CC1(c2ccc3ccc(F)cc3c2)CC1. The third kappa shape index (κ3) is 1.33. The molecule has 1 aliphatic rings. The molecule has 0 spiro atoms. The zero-order valence-corrected chi connectivity index (χ0v) is 8.74. The number of fused-ring (bicyclic) bond motifs is 1. The summed E-state index contributed by atoms with van der Waals surface area (Å²) in [6.45, 7) is 0. The molecule has 1 saturated carbocycles. The summed E-state index contributed by atoms with van der Waals surface area (Å²) in [6.07, 6.45) is 2.85. The Hall–Kier alpha value is -1.70. The number of rotatable bonds is 2. The molecule has 1 fully saturated rings. The van der Waals surface area contributed by atoms with Gasteiger partial charge in [-0.1, -0.05) is 24.3 Å². The van der Waals surface area contributed by atoms with Crippen LogP contribution in [-0.2, 0) is 10.2 Å². The first-order valence-electron chi connectivity index (χ1n) is 5.40. The molecule has 2 heteroatoms. The van der Waals surface area contributed by atoms with Crippen molar-refractivity contribution in [2.24, 2.45) is 0 Å². The second-order valence-electron chi connectivity index (χ2n) is 4.48. The van der Waals surface area contributed by atoms with E-state index in [-0.39, 0.29) is 11.2 Å². The van der Waals surface area contributed by atoms with Crippen molar-refractivity contribution in [3.05, 3.63) is 47.8 Å². The molecular formula is C14H11FO. The quantitative estimate of drug-likeness (QED) is 0.701. The fourth-order valence-corrected chi connectivity index (χ4v) is 2.14. The minimum atomic E-state index is -0.277. The zero-order chi connectivity index (χ0) is 11.2. The molecule has 0 aromatic heterocycles. The van der Waals surface area contributed by atoms with Crippen molar-refractivity contribution in [1.29, 1.82) is 0 Å². The molecule has 0 N–H and O–H groups in total. The zero-order valence-electron chi connectivity index (χ0n) is 8.74. The lowest BCUT2D eigenvalue weighted by atomic mass is 9.95. The summed E-state index contributed by atoms with van der Waals surface area (Å²) >= 11 is 0. The van der Waals surface area contributed by atoms with E-state index < -0.39 is 0 Å². The molecule has 80 valence electrons. The van der Waals surface area contributed by atoms with Crippen molar-refractivity contribution in [3.8, 4) is 0 Å². The first-order valence-corrected chi connectivity index (χ1v) is 5.40. The van der Waals surface area contributed by atoms with Crippen LogP contribution in [0.15, 0.2) is 36.4 Å². The molecule has 1 aliphatic carbocycles. The summed E-state index contributed by atoms with van der Waals surface area (Å²) in [5.41, 5.74) is 0.737. The van der Waals surface area contributed by atoms with Gasteiger partial charge in [-0.3, -0.25) is 0 Å². The second kappa shape index (κ2) is 3.14. The second-order valence-corrected chi connectivity index (χ2v) is 4.48. The number of aldehydes is 1. The lowest BCUT2D eigenvalue weighted by Crippen LogP contribution is -2.07. The normalized spacial score (nSPS) is 17.3. The van der Waals surface area contributed by atoms with Gasteiger partial charge in [0.05, 0.1) is 5.41 Å². The van der Waals surface area contributed by atoms with E-state index in [0.29, 0.717) is 0 Å². The van der Waals surface area contributed by atoms with Crippen LogP contribution in [0.1, 0.15) is 18.4 Å². The van der Waals surface area contributed by atoms with E-state index in [9.17, 15) is 9.18 Å². The highest BCUT2D eigenvalue weighted by molar-refractivity contribution is 5.85. The maximum atomic E-state index is 13.1. The van der Waals surface area contributed by atoms with Gasteiger partial charge in [0.1, 0.15) is 12.1 Å². The molecule has 0 saturated heterocycles. The van der Waals surface area contributed by atoms with Crippen LogP contribution in [0.25, 0.3) is 10.8 Å². The van der Waals surface area contributed by atoms with Crippen molar-refractivity contribution in [2.45, 2.75) is 18.3 Å². The van der Waals surface area contributed by atoms with Crippen LogP contribution in [-0.4, -0.2) is 6.29 Å². The minimum absolute atomic E-state index is 0.236.